The number of hydrogen-bond donors (Lipinski definition) is 0. The maximum Gasteiger partial charge on any atom is 0.269 e. The molecule has 1 aliphatic rings. The summed E-state index contributed by atoms with van der Waals surface area (Å²) in [6, 6.07) is 12.0. The van der Waals surface area contributed by atoms with Gasteiger partial charge in [-0.15, -0.1) is 0 Å². The Morgan fingerprint density at radius 2 is 1.96 bits per heavy atom. The van der Waals surface area contributed by atoms with Crippen molar-refractivity contribution in [3.63, 3.8) is 0 Å². The molecule has 1 aliphatic heterocycles. The third-order valence-electron chi connectivity index (χ3n) is 3.58. The van der Waals surface area contributed by atoms with Crippen LogP contribution in [0, 0.1) is 10.1 Å². The van der Waals surface area contributed by atoms with E-state index in [4.69, 9.17) is 9.47 Å². The summed E-state index contributed by atoms with van der Waals surface area (Å²) in [6.07, 6.45) is 3.42. The lowest BCUT2D eigenvalue weighted by atomic mass is 10.2. The number of fused-ring (bicyclic) bond motifs is 1. The highest BCUT2D eigenvalue weighted by atomic mass is 32.1. The minimum absolute atomic E-state index is 0.0642. The van der Waals surface area contributed by atoms with Gasteiger partial charge in [0.25, 0.3) is 5.69 Å². The largest absolute Gasteiger partial charge is 0.454 e. The third kappa shape index (κ3) is 3.20. The Kier molecular flexibility index (Phi) is 3.87. The zero-order valence-corrected chi connectivity index (χ0v) is 13.6. The highest BCUT2D eigenvalue weighted by Crippen LogP contribution is 2.33. The number of ether oxygens (including phenoxy) is 2. The van der Waals surface area contributed by atoms with Gasteiger partial charge in [-0.25, -0.2) is 9.98 Å². The second-order valence-corrected chi connectivity index (χ2v) is 6.19. The van der Waals surface area contributed by atoms with E-state index < -0.39 is 4.92 Å². The van der Waals surface area contributed by atoms with Crippen LogP contribution in [0.15, 0.2) is 53.7 Å². The molecular formula is C17H11N3O4S. The summed E-state index contributed by atoms with van der Waals surface area (Å²) in [5, 5.41) is 11.3. The van der Waals surface area contributed by atoms with Gasteiger partial charge in [0.2, 0.25) is 11.9 Å². The van der Waals surface area contributed by atoms with E-state index in [9.17, 15) is 10.1 Å². The Morgan fingerprint density at radius 1 is 1.16 bits per heavy atom. The van der Waals surface area contributed by atoms with Gasteiger partial charge in [0.1, 0.15) is 0 Å². The topological polar surface area (TPSA) is 86.9 Å². The first-order valence-electron chi connectivity index (χ1n) is 7.33. The van der Waals surface area contributed by atoms with E-state index >= 15 is 0 Å². The molecule has 0 bridgehead atoms. The molecule has 25 heavy (non-hydrogen) atoms. The number of nitro groups is 1. The van der Waals surface area contributed by atoms with Crippen LogP contribution in [0.4, 0.5) is 10.8 Å². The molecule has 1 aromatic heterocycles. The summed E-state index contributed by atoms with van der Waals surface area (Å²) >= 11 is 1.41. The Morgan fingerprint density at radius 3 is 2.76 bits per heavy atom. The van der Waals surface area contributed by atoms with Crippen LogP contribution in [0.3, 0.4) is 0 Å². The van der Waals surface area contributed by atoms with E-state index in [1.54, 1.807) is 24.5 Å². The van der Waals surface area contributed by atoms with Gasteiger partial charge in [-0.1, -0.05) is 11.3 Å². The van der Waals surface area contributed by atoms with Gasteiger partial charge in [-0.2, -0.15) is 0 Å². The normalized spacial score (nSPS) is 12.6. The van der Waals surface area contributed by atoms with Gasteiger partial charge in [-0.05, 0) is 41.5 Å². The number of rotatable bonds is 4. The second kappa shape index (κ2) is 6.33. The van der Waals surface area contributed by atoms with Gasteiger partial charge in [0, 0.05) is 24.5 Å². The Balaban J connectivity index is 1.52. The van der Waals surface area contributed by atoms with Crippen LogP contribution in [-0.2, 0) is 0 Å². The van der Waals surface area contributed by atoms with E-state index in [1.165, 1.54) is 23.5 Å². The van der Waals surface area contributed by atoms with Crippen LogP contribution in [0.25, 0.3) is 10.4 Å². The molecule has 8 heteroatoms. The van der Waals surface area contributed by atoms with Crippen LogP contribution in [0.5, 0.6) is 11.5 Å². The molecule has 0 saturated heterocycles. The van der Waals surface area contributed by atoms with Crippen LogP contribution in [-0.4, -0.2) is 22.9 Å². The zero-order chi connectivity index (χ0) is 17.2. The fourth-order valence-electron chi connectivity index (χ4n) is 2.33. The first-order valence-corrected chi connectivity index (χ1v) is 8.15. The number of aliphatic imine (C=N–C) groups is 1. The van der Waals surface area contributed by atoms with Crippen molar-refractivity contribution in [2.75, 3.05) is 6.79 Å². The molecule has 4 rings (SSSR count). The highest BCUT2D eigenvalue weighted by Gasteiger charge is 2.12. The molecule has 0 radical (unpaired) electrons. The smallest absolute Gasteiger partial charge is 0.269 e. The lowest BCUT2D eigenvalue weighted by molar-refractivity contribution is -0.384. The number of non-ortho nitro benzene ring substituents is 1. The maximum absolute atomic E-state index is 10.7. The quantitative estimate of drug-likeness (QED) is 0.398. The second-order valence-electron chi connectivity index (χ2n) is 5.18. The minimum Gasteiger partial charge on any atom is -0.454 e. The van der Waals surface area contributed by atoms with Crippen molar-refractivity contribution in [1.29, 1.82) is 0 Å². The fraction of sp³-hybridized carbons (Fsp3) is 0.0588. The molecule has 7 nitrogen and oxygen atoms in total. The molecule has 0 unspecified atom stereocenters. The minimum atomic E-state index is -0.419. The van der Waals surface area contributed by atoms with Gasteiger partial charge >= 0.3 is 0 Å². The first-order chi connectivity index (χ1) is 12.2. The third-order valence-corrected chi connectivity index (χ3v) is 4.53. The molecule has 0 aliphatic carbocycles. The average molecular weight is 353 g/mol. The molecule has 0 saturated carbocycles. The van der Waals surface area contributed by atoms with Crippen molar-refractivity contribution in [3.05, 3.63) is 64.3 Å². The Hall–Kier alpha value is -3.26. The van der Waals surface area contributed by atoms with Crippen LogP contribution >= 0.6 is 11.3 Å². The van der Waals surface area contributed by atoms with Crippen LogP contribution in [0.1, 0.15) is 5.56 Å². The number of aromatic nitrogens is 1. The van der Waals surface area contributed by atoms with Gasteiger partial charge in [0.15, 0.2) is 11.5 Å². The van der Waals surface area contributed by atoms with E-state index in [2.05, 4.69) is 9.98 Å². The number of nitrogens with zero attached hydrogens (tertiary/aromatic N) is 3. The van der Waals surface area contributed by atoms with E-state index in [0.717, 1.165) is 21.8 Å². The van der Waals surface area contributed by atoms with Crippen molar-refractivity contribution in [2.45, 2.75) is 0 Å². The molecule has 2 heterocycles. The van der Waals surface area contributed by atoms with Crippen molar-refractivity contribution in [3.8, 4) is 21.9 Å². The van der Waals surface area contributed by atoms with Crippen molar-refractivity contribution in [1.82, 2.24) is 4.98 Å². The lowest BCUT2D eigenvalue weighted by Crippen LogP contribution is -1.92. The van der Waals surface area contributed by atoms with Gasteiger partial charge in [0.05, 0.1) is 9.80 Å². The van der Waals surface area contributed by atoms with Crippen molar-refractivity contribution < 1.29 is 14.4 Å². The molecule has 0 fully saturated rings. The molecule has 0 amide bonds. The summed E-state index contributed by atoms with van der Waals surface area (Å²) in [5.41, 5.74) is 1.82. The van der Waals surface area contributed by atoms with Gasteiger partial charge in [-0.3, -0.25) is 10.1 Å². The molecule has 124 valence electrons. The number of hydrogen-bond acceptors (Lipinski definition) is 7. The molecule has 2 aromatic carbocycles. The molecule has 3 aromatic rings. The maximum atomic E-state index is 10.7. The SMILES string of the molecule is O=[N+]([O-])c1ccc(-c2cnc(N=Cc3ccc4c(c3)OCO4)s2)cc1. The summed E-state index contributed by atoms with van der Waals surface area (Å²) < 4.78 is 10.6. The highest BCUT2D eigenvalue weighted by molar-refractivity contribution is 7.18. The Bertz CT molecular complexity index is 966. The lowest BCUT2D eigenvalue weighted by Gasteiger charge is -1.96. The molecule has 0 spiro atoms. The van der Waals surface area contributed by atoms with E-state index in [1.807, 2.05) is 18.2 Å². The molecule has 0 N–H and O–H groups in total. The van der Waals surface area contributed by atoms with Gasteiger partial charge < -0.3 is 9.47 Å². The van der Waals surface area contributed by atoms with E-state index in [0.29, 0.717) is 10.9 Å². The van der Waals surface area contributed by atoms with Crippen LogP contribution < -0.4 is 9.47 Å². The van der Waals surface area contributed by atoms with Crippen molar-refractivity contribution >= 4 is 28.4 Å². The van der Waals surface area contributed by atoms with Crippen LogP contribution in [0.2, 0.25) is 0 Å². The van der Waals surface area contributed by atoms with Crippen molar-refractivity contribution in [2.24, 2.45) is 4.99 Å². The monoisotopic (exact) mass is 353 g/mol. The number of thiazole rings is 1. The standard InChI is InChI=1S/C17H11N3O4S/c21-20(22)13-4-2-12(3-5-13)16-9-19-17(25-16)18-8-11-1-6-14-15(7-11)24-10-23-14/h1-9H,10H2. The molecule has 0 atom stereocenters. The summed E-state index contributed by atoms with van der Waals surface area (Å²) in [7, 11) is 0. The number of benzene rings is 2. The first kappa shape index (κ1) is 15.3. The molecular weight excluding hydrogens is 342 g/mol. The number of nitro benzene ring substituents is 1. The predicted octanol–water partition coefficient (Wildman–Crippen LogP) is 4.20. The zero-order valence-electron chi connectivity index (χ0n) is 12.8. The average Bonchev–Trinajstić information content (AvgIpc) is 3.29. The summed E-state index contributed by atoms with van der Waals surface area (Å²) in [6.45, 7) is 0.237. The Labute approximate surface area is 146 Å². The summed E-state index contributed by atoms with van der Waals surface area (Å²) in [5.74, 6) is 1.43. The fourth-order valence-corrected chi connectivity index (χ4v) is 3.10. The summed E-state index contributed by atoms with van der Waals surface area (Å²) in [4.78, 5) is 19.8. The van der Waals surface area contributed by atoms with E-state index in [-0.39, 0.29) is 12.5 Å². The predicted molar refractivity (Wildman–Crippen MR) is 94.0 cm³/mol.